The zero-order chi connectivity index (χ0) is 21.3. The molecule has 0 amide bonds. The molecule has 0 saturated heterocycles. The number of carbonyl (C=O) groups is 3. The molecule has 0 aromatic heterocycles. The summed E-state index contributed by atoms with van der Waals surface area (Å²) in [7, 11) is 0. The molecule has 0 aromatic carbocycles. The van der Waals surface area contributed by atoms with Crippen LogP contribution in [0.3, 0.4) is 0 Å². The first-order chi connectivity index (χ1) is 12.2. The molecule has 0 aliphatic rings. The predicted molar refractivity (Wildman–Crippen MR) is 114 cm³/mol. The lowest BCUT2D eigenvalue weighted by atomic mass is 10.2. The first-order valence-corrected chi connectivity index (χ1v) is 11.0. The highest BCUT2D eigenvalue weighted by Crippen LogP contribution is 2.18. The van der Waals surface area contributed by atoms with Crippen LogP contribution in [0, 0.1) is 0 Å². The van der Waals surface area contributed by atoms with E-state index in [1.54, 1.807) is 34.6 Å². The van der Waals surface area contributed by atoms with Gasteiger partial charge in [-0.2, -0.15) is 0 Å². The van der Waals surface area contributed by atoms with Crippen molar-refractivity contribution in [3.05, 3.63) is 0 Å². The Morgan fingerprint density at radius 2 is 1.15 bits per heavy atom. The Labute approximate surface area is 186 Å². The lowest BCUT2D eigenvalue weighted by Gasteiger charge is -2.24. The van der Waals surface area contributed by atoms with Crippen LogP contribution in [0.25, 0.3) is 0 Å². The Morgan fingerprint density at radius 1 is 0.815 bits per heavy atom. The maximum absolute atomic E-state index is 11.8. The van der Waals surface area contributed by atoms with Crippen molar-refractivity contribution in [2.45, 2.75) is 48.1 Å². The molecule has 0 radical (unpaired) electrons. The van der Waals surface area contributed by atoms with Gasteiger partial charge < -0.3 is 14.2 Å². The topological polar surface area (TPSA) is 82.1 Å². The van der Waals surface area contributed by atoms with Gasteiger partial charge in [-0.15, -0.1) is 0 Å². The molecule has 0 saturated carbocycles. The number of hydrogen-bond donors (Lipinski definition) is 0. The molecular formula is C17H28Br3NO6. The van der Waals surface area contributed by atoms with Gasteiger partial charge in [0.05, 0.1) is 0 Å². The minimum absolute atomic E-state index is 0.175. The Morgan fingerprint density at radius 3 is 1.44 bits per heavy atom. The van der Waals surface area contributed by atoms with Gasteiger partial charge in [-0.25, -0.2) is 0 Å². The number of ether oxygens (including phenoxy) is 3. The van der Waals surface area contributed by atoms with E-state index in [2.05, 4.69) is 47.8 Å². The maximum Gasteiger partial charge on any atom is 0.322 e. The van der Waals surface area contributed by atoms with E-state index in [1.807, 2.05) is 4.90 Å². The highest BCUT2D eigenvalue weighted by Gasteiger charge is 2.26. The van der Waals surface area contributed by atoms with Gasteiger partial charge in [-0.3, -0.25) is 19.3 Å². The van der Waals surface area contributed by atoms with Crippen molar-refractivity contribution in [2.24, 2.45) is 0 Å². The zero-order valence-corrected chi connectivity index (χ0v) is 21.1. The van der Waals surface area contributed by atoms with Crippen LogP contribution in [0.4, 0.5) is 0 Å². The van der Waals surface area contributed by atoms with E-state index in [0.717, 1.165) is 0 Å². The summed E-state index contributed by atoms with van der Waals surface area (Å²) in [6.45, 7) is 10.3. The molecule has 0 bridgehead atoms. The van der Waals surface area contributed by atoms with Crippen LogP contribution in [0.2, 0.25) is 0 Å². The molecule has 10 heteroatoms. The number of hydrogen-bond acceptors (Lipinski definition) is 7. The second kappa shape index (κ2) is 12.4. The Bertz CT molecular complexity index is 468. The fraction of sp³-hybridized carbons (Fsp3) is 0.824. The van der Waals surface area contributed by atoms with Crippen molar-refractivity contribution in [1.29, 1.82) is 0 Å². The fourth-order valence-electron chi connectivity index (χ4n) is 1.60. The average molecular weight is 582 g/mol. The van der Waals surface area contributed by atoms with Crippen LogP contribution < -0.4 is 0 Å². The van der Waals surface area contributed by atoms with Crippen LogP contribution in [-0.4, -0.2) is 75.7 Å². The molecule has 27 heavy (non-hydrogen) atoms. The van der Waals surface area contributed by atoms with Gasteiger partial charge in [0.15, 0.2) is 0 Å². The highest BCUT2D eigenvalue weighted by molar-refractivity contribution is 9.10. The third-order valence-corrected chi connectivity index (χ3v) is 4.25. The number of rotatable bonds is 12. The predicted octanol–water partition coefficient (Wildman–Crippen LogP) is 3.05. The smallest absolute Gasteiger partial charge is 0.322 e. The van der Waals surface area contributed by atoms with E-state index in [0.29, 0.717) is 19.6 Å². The molecule has 0 heterocycles. The van der Waals surface area contributed by atoms with Gasteiger partial charge in [-0.05, 0) is 34.6 Å². The first kappa shape index (κ1) is 26.8. The Kier molecular flexibility index (Phi) is 12.3. The molecule has 0 rings (SSSR count). The van der Waals surface area contributed by atoms with Gasteiger partial charge in [0.1, 0.15) is 33.3 Å². The Balaban J connectivity index is 4.50. The van der Waals surface area contributed by atoms with Crippen LogP contribution in [0.15, 0.2) is 0 Å². The summed E-state index contributed by atoms with van der Waals surface area (Å²) in [5.74, 6) is -1.08. The van der Waals surface area contributed by atoms with Crippen LogP contribution in [-0.2, 0) is 28.6 Å². The number of esters is 3. The number of nitrogens with zero attached hydrogens (tertiary/aromatic N) is 1. The maximum atomic E-state index is 11.8. The van der Waals surface area contributed by atoms with Gasteiger partial charge in [-0.1, -0.05) is 47.8 Å². The SMILES string of the molecule is CC(Br)C(=O)OCCN(CCOC(=O)C(C)(C)Br)CCOC(=O)C(C)(C)Br. The van der Waals surface area contributed by atoms with E-state index < -0.39 is 8.65 Å². The van der Waals surface area contributed by atoms with Crippen LogP contribution >= 0.6 is 47.8 Å². The van der Waals surface area contributed by atoms with Gasteiger partial charge in [0, 0.05) is 19.6 Å². The van der Waals surface area contributed by atoms with Crippen molar-refractivity contribution < 1.29 is 28.6 Å². The molecule has 7 nitrogen and oxygen atoms in total. The third-order valence-electron chi connectivity index (χ3n) is 3.23. The van der Waals surface area contributed by atoms with E-state index in [9.17, 15) is 14.4 Å². The highest BCUT2D eigenvalue weighted by atomic mass is 79.9. The summed E-state index contributed by atoms with van der Waals surface area (Å²) in [5.41, 5.74) is 0. The zero-order valence-electron chi connectivity index (χ0n) is 16.4. The molecule has 0 fully saturated rings. The summed E-state index contributed by atoms with van der Waals surface area (Å²) in [5, 5.41) is 0. The molecule has 0 aromatic rings. The van der Waals surface area contributed by atoms with Crippen molar-refractivity contribution in [1.82, 2.24) is 4.90 Å². The molecule has 0 aliphatic heterocycles. The summed E-state index contributed by atoms with van der Waals surface area (Å²) >= 11 is 9.64. The number of carbonyl (C=O) groups excluding carboxylic acids is 3. The van der Waals surface area contributed by atoms with E-state index >= 15 is 0 Å². The first-order valence-electron chi connectivity index (χ1n) is 8.50. The van der Waals surface area contributed by atoms with Gasteiger partial charge in [0.25, 0.3) is 0 Å². The van der Waals surface area contributed by atoms with Crippen molar-refractivity contribution >= 4 is 65.7 Å². The monoisotopic (exact) mass is 579 g/mol. The average Bonchev–Trinajstić information content (AvgIpc) is 2.51. The quantitative estimate of drug-likeness (QED) is 0.199. The summed E-state index contributed by atoms with van der Waals surface area (Å²) in [6, 6.07) is 0. The molecule has 0 N–H and O–H groups in total. The molecule has 1 atom stereocenters. The minimum Gasteiger partial charge on any atom is -0.463 e. The molecule has 1 unspecified atom stereocenters. The lowest BCUT2D eigenvalue weighted by molar-refractivity contribution is -0.146. The van der Waals surface area contributed by atoms with Gasteiger partial charge in [0.2, 0.25) is 0 Å². The third kappa shape index (κ3) is 12.8. The van der Waals surface area contributed by atoms with E-state index in [4.69, 9.17) is 14.2 Å². The second-order valence-corrected chi connectivity index (χ2v) is 12.2. The summed E-state index contributed by atoms with van der Waals surface area (Å²) in [6.07, 6.45) is 0. The molecule has 158 valence electrons. The minimum atomic E-state index is -0.754. The Hall–Kier alpha value is -0.190. The summed E-state index contributed by atoms with van der Waals surface area (Å²) < 4.78 is 14.1. The van der Waals surface area contributed by atoms with Crippen molar-refractivity contribution in [3.63, 3.8) is 0 Å². The van der Waals surface area contributed by atoms with Crippen LogP contribution in [0.5, 0.6) is 0 Å². The molecular weight excluding hydrogens is 554 g/mol. The largest absolute Gasteiger partial charge is 0.463 e. The van der Waals surface area contributed by atoms with Crippen molar-refractivity contribution in [3.8, 4) is 0 Å². The molecule has 0 aliphatic carbocycles. The molecule has 0 spiro atoms. The van der Waals surface area contributed by atoms with E-state index in [-0.39, 0.29) is 42.6 Å². The normalized spacial score (nSPS) is 13.2. The fourth-order valence-corrected chi connectivity index (χ4v) is 1.96. The number of halogens is 3. The van der Waals surface area contributed by atoms with Crippen molar-refractivity contribution in [2.75, 3.05) is 39.5 Å². The van der Waals surface area contributed by atoms with Gasteiger partial charge >= 0.3 is 17.9 Å². The number of alkyl halides is 3. The summed E-state index contributed by atoms with van der Waals surface area (Å²) in [4.78, 5) is 36.6. The standard InChI is InChI=1S/C17H28Br3NO6/c1-12(18)13(22)25-9-6-21(7-10-26-14(23)16(2,3)19)8-11-27-15(24)17(4,5)20/h12H,6-11H2,1-5H3. The lowest BCUT2D eigenvalue weighted by Crippen LogP contribution is -2.37. The van der Waals surface area contributed by atoms with Crippen LogP contribution in [0.1, 0.15) is 34.6 Å². The second-order valence-electron chi connectivity index (χ2n) is 6.84. The van der Waals surface area contributed by atoms with E-state index in [1.165, 1.54) is 0 Å².